The van der Waals surface area contributed by atoms with Crippen LogP contribution in [0, 0.1) is 30.9 Å². The van der Waals surface area contributed by atoms with Crippen LogP contribution in [0.3, 0.4) is 0 Å². The molecule has 0 heterocycles. The quantitative estimate of drug-likeness (QED) is 0.548. The Kier molecular flexibility index (Phi) is 2.05. The second-order valence-corrected chi connectivity index (χ2v) is 2.56. The molecule has 0 amide bonds. The molecule has 0 aliphatic heterocycles. The summed E-state index contributed by atoms with van der Waals surface area (Å²) in [6.45, 7) is 2.76. The van der Waals surface area contributed by atoms with E-state index >= 15 is 0 Å². The van der Waals surface area contributed by atoms with Crippen LogP contribution in [0.15, 0.2) is 6.07 Å². The monoisotopic (exact) mass is 169 g/mol. The van der Waals surface area contributed by atoms with Gasteiger partial charge in [0.2, 0.25) is 11.2 Å². The largest absolute Gasteiger partial charge is 0.423 e. The maximum Gasteiger partial charge on any atom is 0.423 e. The van der Waals surface area contributed by atoms with E-state index in [0.29, 0.717) is 0 Å². The van der Waals surface area contributed by atoms with Gasteiger partial charge in [-0.1, -0.05) is 0 Å². The molecule has 0 aliphatic rings. The lowest BCUT2D eigenvalue weighted by Crippen LogP contribution is -1.90. The van der Waals surface area contributed by atoms with Gasteiger partial charge in [0.05, 0.1) is 5.56 Å². The van der Waals surface area contributed by atoms with Crippen LogP contribution in [-0.4, -0.2) is 0 Å². The summed E-state index contributed by atoms with van der Waals surface area (Å²) in [7, 11) is 0. The first kappa shape index (κ1) is 8.60. The Bertz CT molecular complexity index is 366. The van der Waals surface area contributed by atoms with Gasteiger partial charge in [0, 0.05) is 5.56 Å². The van der Waals surface area contributed by atoms with Gasteiger partial charge in [0.25, 0.3) is 0 Å². The average Bonchev–Trinajstić information content (AvgIpc) is 2.01. The molecule has 0 N–H and O–H groups in total. The molecule has 4 heteroatoms. The fraction of sp³-hybridized carbons (Fsp3) is 0.250. The summed E-state index contributed by atoms with van der Waals surface area (Å²) in [4.78, 5) is 2.73. The lowest BCUT2D eigenvalue weighted by molar-refractivity contribution is 0.570. The van der Waals surface area contributed by atoms with Crippen LogP contribution < -0.4 is 0 Å². The van der Waals surface area contributed by atoms with Gasteiger partial charge in [-0.3, -0.25) is 0 Å². The topological polar surface area (TPSA) is 28.1 Å². The highest BCUT2D eigenvalue weighted by Crippen LogP contribution is 2.27. The molecule has 2 nitrogen and oxygen atoms in total. The molecule has 0 aliphatic carbocycles. The lowest BCUT2D eigenvalue weighted by Gasteiger charge is -1.96. The van der Waals surface area contributed by atoms with Crippen LogP contribution in [0.1, 0.15) is 11.1 Å². The Morgan fingerprint density at radius 3 is 2.42 bits per heavy atom. The van der Waals surface area contributed by atoms with Crippen LogP contribution in [0.5, 0.6) is 0 Å². The minimum absolute atomic E-state index is 0.131. The molecule has 0 atom stereocenters. The summed E-state index contributed by atoms with van der Waals surface area (Å²) < 4.78 is 25.8. The van der Waals surface area contributed by atoms with Crippen molar-refractivity contribution in [2.24, 2.45) is 0 Å². The number of rotatable bonds is 0. The summed E-state index contributed by atoms with van der Waals surface area (Å²) >= 11 is 0. The Balaban J connectivity index is 3.54. The summed E-state index contributed by atoms with van der Waals surface area (Å²) in [6, 6.07) is 1.13. The summed E-state index contributed by atoms with van der Waals surface area (Å²) in [5.41, 5.74) is -0.0552. The maximum absolute atomic E-state index is 13.0. The van der Waals surface area contributed by atoms with Gasteiger partial charge >= 0.3 is 5.69 Å². The summed E-state index contributed by atoms with van der Waals surface area (Å²) in [6.07, 6.45) is 0. The standard InChI is InChI=1S/C8H7F2N2/c1-4-3-6(9)5(2)7(10)8(4)12-11/h3H,1-2H3/q+1. The highest BCUT2D eigenvalue weighted by atomic mass is 19.1. The van der Waals surface area contributed by atoms with Crippen molar-refractivity contribution in [3.8, 4) is 0 Å². The van der Waals surface area contributed by atoms with E-state index in [2.05, 4.69) is 4.98 Å². The van der Waals surface area contributed by atoms with Gasteiger partial charge in [0.1, 0.15) is 5.82 Å². The molecule has 0 spiro atoms. The summed E-state index contributed by atoms with van der Waals surface area (Å²) in [5.74, 6) is -1.44. The second-order valence-electron chi connectivity index (χ2n) is 2.56. The molecule has 1 aromatic rings. The number of hydrogen-bond acceptors (Lipinski definition) is 1. The number of diazo groups is 1. The van der Waals surface area contributed by atoms with Crippen LogP contribution in [0.2, 0.25) is 0 Å². The van der Waals surface area contributed by atoms with Crippen molar-refractivity contribution in [1.82, 2.24) is 0 Å². The third kappa shape index (κ3) is 1.14. The number of aryl methyl sites for hydroxylation is 1. The zero-order chi connectivity index (χ0) is 9.30. The Labute approximate surface area is 68.5 Å². The Morgan fingerprint density at radius 1 is 1.33 bits per heavy atom. The first-order valence-electron chi connectivity index (χ1n) is 3.38. The van der Waals surface area contributed by atoms with Crippen LogP contribution in [-0.2, 0) is 0 Å². The Hall–Kier alpha value is -1.50. The minimum Gasteiger partial charge on any atom is -0.207 e. The molecule has 12 heavy (non-hydrogen) atoms. The number of benzene rings is 1. The van der Waals surface area contributed by atoms with Gasteiger partial charge in [0.15, 0.2) is 4.98 Å². The first-order valence-corrected chi connectivity index (χ1v) is 3.38. The SMILES string of the molecule is Cc1cc(F)c(C)c(F)c1[N+]#N. The molecule has 1 rings (SSSR count). The van der Waals surface area contributed by atoms with Gasteiger partial charge in [-0.15, -0.1) is 0 Å². The molecule has 0 bridgehead atoms. The second kappa shape index (κ2) is 2.86. The number of nitrogens with zero attached hydrogens (tertiary/aromatic N) is 2. The third-order valence-corrected chi connectivity index (χ3v) is 1.71. The molecule has 1 aromatic carbocycles. The van der Waals surface area contributed by atoms with Crippen LogP contribution >= 0.6 is 0 Å². The van der Waals surface area contributed by atoms with E-state index in [-0.39, 0.29) is 16.8 Å². The van der Waals surface area contributed by atoms with Crippen molar-refractivity contribution in [2.45, 2.75) is 13.8 Å². The molecule has 62 valence electrons. The average molecular weight is 169 g/mol. The Morgan fingerprint density at radius 2 is 1.92 bits per heavy atom. The van der Waals surface area contributed by atoms with Crippen molar-refractivity contribution in [3.63, 3.8) is 0 Å². The van der Waals surface area contributed by atoms with E-state index in [9.17, 15) is 8.78 Å². The van der Waals surface area contributed by atoms with Crippen molar-refractivity contribution in [2.75, 3.05) is 0 Å². The molecule has 0 aromatic heterocycles. The zero-order valence-electron chi connectivity index (χ0n) is 6.73. The normalized spacial score (nSPS) is 9.58. The van der Waals surface area contributed by atoms with Gasteiger partial charge in [-0.05, 0) is 19.9 Å². The lowest BCUT2D eigenvalue weighted by atomic mass is 10.1. The number of halogens is 2. The predicted molar refractivity (Wildman–Crippen MR) is 40.6 cm³/mol. The molecule has 0 fully saturated rings. The van der Waals surface area contributed by atoms with Gasteiger partial charge in [-0.25, -0.2) is 4.39 Å². The zero-order valence-corrected chi connectivity index (χ0v) is 6.73. The third-order valence-electron chi connectivity index (χ3n) is 1.71. The van der Waals surface area contributed by atoms with Crippen LogP contribution in [0.4, 0.5) is 14.5 Å². The van der Waals surface area contributed by atoms with Crippen molar-refractivity contribution >= 4 is 5.69 Å². The van der Waals surface area contributed by atoms with E-state index in [0.717, 1.165) is 6.07 Å². The highest BCUT2D eigenvalue weighted by Gasteiger charge is 2.22. The molecule has 0 saturated heterocycles. The van der Waals surface area contributed by atoms with E-state index < -0.39 is 11.6 Å². The fourth-order valence-corrected chi connectivity index (χ4v) is 0.945. The predicted octanol–water partition coefficient (Wildman–Crippen LogP) is 3.07. The highest BCUT2D eigenvalue weighted by molar-refractivity contribution is 5.54. The van der Waals surface area contributed by atoms with Gasteiger partial charge < -0.3 is 0 Å². The van der Waals surface area contributed by atoms with E-state index in [1.807, 2.05) is 0 Å². The minimum atomic E-state index is -0.810. The number of hydrogen-bond donors (Lipinski definition) is 0. The maximum atomic E-state index is 13.0. The molecular formula is C8H7F2N2+. The van der Waals surface area contributed by atoms with Gasteiger partial charge in [-0.2, -0.15) is 4.39 Å². The van der Waals surface area contributed by atoms with Crippen LogP contribution in [0.25, 0.3) is 4.98 Å². The van der Waals surface area contributed by atoms with E-state index in [1.165, 1.54) is 13.8 Å². The van der Waals surface area contributed by atoms with Crippen molar-refractivity contribution in [3.05, 3.63) is 33.8 Å². The summed E-state index contributed by atoms with van der Waals surface area (Å²) in [5, 5.41) is 8.38. The van der Waals surface area contributed by atoms with Crippen molar-refractivity contribution < 1.29 is 8.78 Å². The smallest absolute Gasteiger partial charge is 0.207 e. The first-order chi connectivity index (χ1) is 5.57. The van der Waals surface area contributed by atoms with Crippen molar-refractivity contribution in [1.29, 1.82) is 5.39 Å². The van der Waals surface area contributed by atoms with E-state index in [4.69, 9.17) is 5.39 Å². The fourth-order valence-electron chi connectivity index (χ4n) is 0.945. The van der Waals surface area contributed by atoms with E-state index in [1.54, 1.807) is 0 Å². The molecular weight excluding hydrogens is 162 g/mol. The molecule has 0 saturated carbocycles. The molecule has 0 radical (unpaired) electrons. The molecule has 0 unspecified atom stereocenters.